The second kappa shape index (κ2) is 4.67. The fourth-order valence-electron chi connectivity index (χ4n) is 1.53. The quantitative estimate of drug-likeness (QED) is 0.883. The lowest BCUT2D eigenvalue weighted by atomic mass is 10.1. The summed E-state index contributed by atoms with van der Waals surface area (Å²) in [6.07, 6.45) is 0. The molecule has 2 nitrogen and oxygen atoms in total. The predicted octanol–water partition coefficient (Wildman–Crippen LogP) is 3.51. The van der Waals surface area contributed by atoms with Crippen LogP contribution in [0.25, 0.3) is 11.3 Å². The van der Waals surface area contributed by atoms with Gasteiger partial charge in [0.25, 0.3) is 0 Å². The molecule has 0 aliphatic rings. The van der Waals surface area contributed by atoms with E-state index >= 15 is 0 Å². The molecule has 0 aliphatic heterocycles. The van der Waals surface area contributed by atoms with Crippen molar-refractivity contribution in [2.45, 2.75) is 13.0 Å². The number of halogens is 2. The van der Waals surface area contributed by atoms with Crippen molar-refractivity contribution in [1.82, 2.24) is 5.32 Å². The molecule has 0 aliphatic carbocycles. The van der Waals surface area contributed by atoms with Crippen LogP contribution in [0.3, 0.4) is 0 Å². The zero-order valence-electron chi connectivity index (χ0n) is 9.63. The number of hydrogen-bond donors (Lipinski definition) is 1. The molecule has 2 rings (SSSR count). The van der Waals surface area contributed by atoms with Gasteiger partial charge in [0, 0.05) is 5.56 Å². The first-order valence-electron chi connectivity index (χ1n) is 5.34. The van der Waals surface area contributed by atoms with Crippen molar-refractivity contribution in [2.24, 2.45) is 0 Å². The van der Waals surface area contributed by atoms with Crippen molar-refractivity contribution in [2.75, 3.05) is 7.05 Å². The molecule has 0 saturated heterocycles. The summed E-state index contributed by atoms with van der Waals surface area (Å²) in [4.78, 5) is 0. The van der Waals surface area contributed by atoms with Gasteiger partial charge in [0.05, 0.1) is 6.04 Å². The van der Waals surface area contributed by atoms with E-state index in [4.69, 9.17) is 4.42 Å². The number of nitrogens with one attached hydrogen (secondary N) is 1. The summed E-state index contributed by atoms with van der Waals surface area (Å²) in [6.45, 7) is 1.95. The fraction of sp³-hybridized carbons (Fsp3) is 0.231. The highest BCUT2D eigenvalue weighted by Crippen LogP contribution is 2.26. The van der Waals surface area contributed by atoms with E-state index < -0.39 is 11.6 Å². The smallest absolute Gasteiger partial charge is 0.159 e. The highest BCUT2D eigenvalue weighted by atomic mass is 19.2. The Kier molecular flexibility index (Phi) is 3.24. The van der Waals surface area contributed by atoms with Crippen LogP contribution in [0.2, 0.25) is 0 Å². The van der Waals surface area contributed by atoms with E-state index in [9.17, 15) is 8.78 Å². The third-order valence-electron chi connectivity index (χ3n) is 2.69. The lowest BCUT2D eigenvalue weighted by molar-refractivity contribution is 0.457. The fourth-order valence-corrected chi connectivity index (χ4v) is 1.53. The predicted molar refractivity (Wildman–Crippen MR) is 61.5 cm³/mol. The third kappa shape index (κ3) is 2.36. The standard InChI is InChI=1S/C13H13F2NO/c1-8(16-2)12-5-6-13(17-12)9-3-4-10(14)11(15)7-9/h3-8,16H,1-2H3. The minimum absolute atomic E-state index is 0.0778. The molecule has 1 aromatic heterocycles. The molecule has 1 aromatic carbocycles. The van der Waals surface area contributed by atoms with Crippen LogP contribution >= 0.6 is 0 Å². The van der Waals surface area contributed by atoms with Crippen molar-refractivity contribution in [1.29, 1.82) is 0 Å². The lowest BCUT2D eigenvalue weighted by Crippen LogP contribution is -2.10. The topological polar surface area (TPSA) is 25.2 Å². The van der Waals surface area contributed by atoms with Crippen LogP contribution in [0.5, 0.6) is 0 Å². The minimum atomic E-state index is -0.873. The van der Waals surface area contributed by atoms with Gasteiger partial charge in [-0.15, -0.1) is 0 Å². The SMILES string of the molecule is CNC(C)c1ccc(-c2ccc(F)c(F)c2)o1. The van der Waals surface area contributed by atoms with Gasteiger partial charge >= 0.3 is 0 Å². The Morgan fingerprint density at radius 2 is 1.88 bits per heavy atom. The molecule has 0 spiro atoms. The molecule has 2 aromatic rings. The van der Waals surface area contributed by atoms with Crippen molar-refractivity contribution >= 4 is 0 Å². The van der Waals surface area contributed by atoms with Gasteiger partial charge in [0.1, 0.15) is 11.5 Å². The van der Waals surface area contributed by atoms with E-state index in [0.29, 0.717) is 11.3 Å². The molecule has 90 valence electrons. The van der Waals surface area contributed by atoms with Crippen LogP contribution < -0.4 is 5.32 Å². The molecule has 1 N–H and O–H groups in total. The molecule has 17 heavy (non-hydrogen) atoms. The zero-order valence-corrected chi connectivity index (χ0v) is 9.63. The largest absolute Gasteiger partial charge is 0.459 e. The van der Waals surface area contributed by atoms with E-state index in [1.54, 1.807) is 6.07 Å². The first kappa shape index (κ1) is 11.8. The Balaban J connectivity index is 2.33. The van der Waals surface area contributed by atoms with Crippen LogP contribution in [0.1, 0.15) is 18.7 Å². The molecule has 4 heteroatoms. The number of benzene rings is 1. The molecule has 1 unspecified atom stereocenters. The van der Waals surface area contributed by atoms with Gasteiger partial charge in [0.15, 0.2) is 11.6 Å². The summed E-state index contributed by atoms with van der Waals surface area (Å²) in [7, 11) is 1.82. The Morgan fingerprint density at radius 1 is 1.12 bits per heavy atom. The van der Waals surface area contributed by atoms with Gasteiger partial charge in [-0.05, 0) is 44.3 Å². The average molecular weight is 237 g/mol. The van der Waals surface area contributed by atoms with E-state index in [1.165, 1.54) is 6.07 Å². The van der Waals surface area contributed by atoms with Crippen molar-refractivity contribution in [3.8, 4) is 11.3 Å². The summed E-state index contributed by atoms with van der Waals surface area (Å²) >= 11 is 0. The van der Waals surface area contributed by atoms with E-state index in [0.717, 1.165) is 17.9 Å². The maximum atomic E-state index is 13.1. The van der Waals surface area contributed by atoms with Crippen molar-refractivity contribution < 1.29 is 13.2 Å². The maximum Gasteiger partial charge on any atom is 0.159 e. The molecular weight excluding hydrogens is 224 g/mol. The highest BCUT2D eigenvalue weighted by Gasteiger charge is 2.11. The van der Waals surface area contributed by atoms with Gasteiger partial charge in [-0.3, -0.25) is 0 Å². The summed E-state index contributed by atoms with van der Waals surface area (Å²) in [5, 5.41) is 3.04. The van der Waals surface area contributed by atoms with Crippen LogP contribution in [-0.2, 0) is 0 Å². The van der Waals surface area contributed by atoms with E-state index in [2.05, 4.69) is 5.32 Å². The molecule has 0 bridgehead atoms. The van der Waals surface area contributed by atoms with Crippen molar-refractivity contribution in [3.63, 3.8) is 0 Å². The van der Waals surface area contributed by atoms with Crippen LogP contribution in [-0.4, -0.2) is 7.05 Å². The number of rotatable bonds is 3. The average Bonchev–Trinajstić information content (AvgIpc) is 2.81. The molecule has 1 heterocycles. The Labute approximate surface area is 98.3 Å². The third-order valence-corrected chi connectivity index (χ3v) is 2.69. The Bertz CT molecular complexity index is 522. The molecule has 0 amide bonds. The van der Waals surface area contributed by atoms with Gasteiger partial charge in [-0.2, -0.15) is 0 Å². The molecule has 0 radical (unpaired) electrons. The van der Waals surface area contributed by atoms with Gasteiger partial charge < -0.3 is 9.73 Å². The molecule has 1 atom stereocenters. The van der Waals surface area contributed by atoms with Crippen LogP contribution in [0.4, 0.5) is 8.78 Å². The second-order valence-electron chi connectivity index (χ2n) is 3.84. The normalized spacial score (nSPS) is 12.7. The highest BCUT2D eigenvalue weighted by molar-refractivity contribution is 5.57. The second-order valence-corrected chi connectivity index (χ2v) is 3.84. The maximum absolute atomic E-state index is 13.1. The molecular formula is C13H13F2NO. The lowest BCUT2D eigenvalue weighted by Gasteiger charge is -2.05. The molecule has 0 fully saturated rings. The minimum Gasteiger partial charge on any atom is -0.459 e. The van der Waals surface area contributed by atoms with E-state index in [1.807, 2.05) is 20.0 Å². The monoisotopic (exact) mass is 237 g/mol. The summed E-state index contributed by atoms with van der Waals surface area (Å²) < 4.78 is 31.4. The summed E-state index contributed by atoms with van der Waals surface area (Å²) in [5.41, 5.74) is 0.526. The summed E-state index contributed by atoms with van der Waals surface area (Å²) in [6, 6.07) is 7.35. The van der Waals surface area contributed by atoms with E-state index in [-0.39, 0.29) is 6.04 Å². The molecule has 0 saturated carbocycles. The van der Waals surface area contributed by atoms with Gasteiger partial charge in [-0.25, -0.2) is 8.78 Å². The number of hydrogen-bond acceptors (Lipinski definition) is 2. The van der Waals surface area contributed by atoms with Crippen molar-refractivity contribution in [3.05, 3.63) is 47.7 Å². The first-order valence-corrected chi connectivity index (χ1v) is 5.34. The van der Waals surface area contributed by atoms with Gasteiger partial charge in [0.2, 0.25) is 0 Å². The summed E-state index contributed by atoms with van der Waals surface area (Å²) in [5.74, 6) is -0.445. The van der Waals surface area contributed by atoms with Gasteiger partial charge in [-0.1, -0.05) is 0 Å². The Hall–Kier alpha value is -1.68. The first-order chi connectivity index (χ1) is 8.11. The van der Waals surface area contributed by atoms with Crippen LogP contribution in [0.15, 0.2) is 34.7 Å². The number of furan rings is 1. The zero-order chi connectivity index (χ0) is 12.4. The van der Waals surface area contributed by atoms with Crippen LogP contribution in [0, 0.1) is 11.6 Å². The Morgan fingerprint density at radius 3 is 2.53 bits per heavy atom.